The number of nitrogens with one attached hydrogen (secondary N) is 1. The Hall–Kier alpha value is -1.75. The summed E-state index contributed by atoms with van der Waals surface area (Å²) in [7, 11) is 1.57. The Kier molecular flexibility index (Phi) is 7.12. The van der Waals surface area contributed by atoms with Crippen LogP contribution in [0, 0.1) is 0 Å². The van der Waals surface area contributed by atoms with E-state index in [1.807, 2.05) is 12.1 Å². The summed E-state index contributed by atoms with van der Waals surface area (Å²) in [6.07, 6.45) is 1.07. The van der Waals surface area contributed by atoms with Crippen LogP contribution in [0.2, 0.25) is 0 Å². The molecule has 0 amide bonds. The smallest absolute Gasteiger partial charge is 0.160 e. The standard InChI is InChI=1S/C20H26N2O2.ClH/c1-3-15-4-7-17(8-5-15)18-13-21-10-11-22(18)14-16-6-9-20(24-2)19(23)12-16;/h4-9,12,18,21,23H,3,10-11,13-14H2,1-2H3;1H. The molecule has 0 saturated carbocycles. The zero-order valence-electron chi connectivity index (χ0n) is 14.9. The van der Waals surface area contributed by atoms with Gasteiger partial charge in [0.15, 0.2) is 11.5 Å². The normalized spacial score (nSPS) is 17.8. The van der Waals surface area contributed by atoms with E-state index in [4.69, 9.17) is 4.74 Å². The third-order valence-electron chi connectivity index (χ3n) is 4.76. The highest BCUT2D eigenvalue weighted by molar-refractivity contribution is 5.85. The number of piperazine rings is 1. The molecule has 2 aromatic rings. The van der Waals surface area contributed by atoms with Gasteiger partial charge in [0, 0.05) is 32.2 Å². The number of rotatable bonds is 5. The first-order chi connectivity index (χ1) is 11.7. The molecule has 4 nitrogen and oxygen atoms in total. The summed E-state index contributed by atoms with van der Waals surface area (Å²) < 4.78 is 5.13. The van der Waals surface area contributed by atoms with Gasteiger partial charge < -0.3 is 15.2 Å². The van der Waals surface area contributed by atoms with Crippen molar-refractivity contribution in [2.24, 2.45) is 0 Å². The van der Waals surface area contributed by atoms with Gasteiger partial charge in [-0.1, -0.05) is 37.3 Å². The number of methoxy groups -OCH3 is 1. The van der Waals surface area contributed by atoms with Gasteiger partial charge in [-0.05, 0) is 35.2 Å². The van der Waals surface area contributed by atoms with E-state index in [1.165, 1.54) is 11.1 Å². The Bertz CT molecular complexity index is 676. The highest BCUT2D eigenvalue weighted by Crippen LogP contribution is 2.29. The summed E-state index contributed by atoms with van der Waals surface area (Å²) in [4.78, 5) is 2.47. The largest absolute Gasteiger partial charge is 0.504 e. The van der Waals surface area contributed by atoms with Crippen molar-refractivity contribution in [3.63, 3.8) is 0 Å². The minimum Gasteiger partial charge on any atom is -0.504 e. The first kappa shape index (κ1) is 19.6. The second-order valence-electron chi connectivity index (χ2n) is 6.29. The molecule has 2 aromatic carbocycles. The van der Waals surface area contributed by atoms with Crippen LogP contribution < -0.4 is 10.1 Å². The van der Waals surface area contributed by atoms with E-state index >= 15 is 0 Å². The van der Waals surface area contributed by atoms with Crippen LogP contribution >= 0.6 is 12.4 Å². The molecule has 1 atom stereocenters. The Balaban J connectivity index is 0.00000225. The van der Waals surface area contributed by atoms with Gasteiger partial charge in [0.1, 0.15) is 0 Å². The third-order valence-corrected chi connectivity index (χ3v) is 4.76. The zero-order chi connectivity index (χ0) is 16.9. The molecule has 0 bridgehead atoms. The van der Waals surface area contributed by atoms with Crippen molar-refractivity contribution in [2.75, 3.05) is 26.7 Å². The lowest BCUT2D eigenvalue weighted by atomic mass is 10.00. The Labute approximate surface area is 156 Å². The molecule has 25 heavy (non-hydrogen) atoms. The van der Waals surface area contributed by atoms with Crippen LogP contribution in [0.1, 0.15) is 29.7 Å². The number of phenols is 1. The molecule has 1 saturated heterocycles. The number of benzene rings is 2. The second kappa shape index (κ2) is 9.09. The minimum atomic E-state index is 0. The fourth-order valence-electron chi connectivity index (χ4n) is 3.31. The lowest BCUT2D eigenvalue weighted by Crippen LogP contribution is -2.45. The lowest BCUT2D eigenvalue weighted by Gasteiger charge is -2.36. The number of aromatic hydroxyl groups is 1. The summed E-state index contributed by atoms with van der Waals surface area (Å²) >= 11 is 0. The van der Waals surface area contributed by atoms with Gasteiger partial charge in [0.2, 0.25) is 0 Å². The van der Waals surface area contributed by atoms with E-state index < -0.39 is 0 Å². The molecule has 1 aliphatic rings. The number of phenolic OH excluding ortho intramolecular Hbond substituents is 1. The number of nitrogens with zero attached hydrogens (tertiary/aromatic N) is 1. The molecule has 0 radical (unpaired) electrons. The number of hydrogen-bond acceptors (Lipinski definition) is 4. The predicted octanol–water partition coefficient (Wildman–Crippen LogP) is 3.53. The maximum Gasteiger partial charge on any atom is 0.160 e. The van der Waals surface area contributed by atoms with Crippen LogP contribution in [0.15, 0.2) is 42.5 Å². The maximum absolute atomic E-state index is 10.0. The Morgan fingerprint density at radius 2 is 1.88 bits per heavy atom. The highest BCUT2D eigenvalue weighted by atomic mass is 35.5. The van der Waals surface area contributed by atoms with Crippen molar-refractivity contribution < 1.29 is 9.84 Å². The van der Waals surface area contributed by atoms with Crippen LogP contribution in [0.3, 0.4) is 0 Å². The van der Waals surface area contributed by atoms with Crippen molar-refractivity contribution in [1.29, 1.82) is 0 Å². The van der Waals surface area contributed by atoms with Crippen molar-refractivity contribution in [3.8, 4) is 11.5 Å². The van der Waals surface area contributed by atoms with Crippen molar-refractivity contribution in [2.45, 2.75) is 25.9 Å². The van der Waals surface area contributed by atoms with E-state index in [-0.39, 0.29) is 18.2 Å². The topological polar surface area (TPSA) is 44.7 Å². The van der Waals surface area contributed by atoms with Gasteiger partial charge in [0.25, 0.3) is 0 Å². The monoisotopic (exact) mass is 362 g/mol. The summed E-state index contributed by atoms with van der Waals surface area (Å²) in [5.41, 5.74) is 3.82. The number of halogens is 1. The van der Waals surface area contributed by atoms with Crippen LogP contribution in [-0.4, -0.2) is 36.8 Å². The molecule has 1 fully saturated rings. The van der Waals surface area contributed by atoms with Crippen molar-refractivity contribution in [1.82, 2.24) is 10.2 Å². The molecule has 136 valence electrons. The van der Waals surface area contributed by atoms with E-state index in [1.54, 1.807) is 13.2 Å². The van der Waals surface area contributed by atoms with Gasteiger partial charge in [-0.25, -0.2) is 0 Å². The van der Waals surface area contributed by atoms with Crippen LogP contribution in [0.4, 0.5) is 0 Å². The molecule has 0 aromatic heterocycles. The summed E-state index contributed by atoms with van der Waals surface area (Å²) in [6, 6.07) is 15.0. The first-order valence-electron chi connectivity index (χ1n) is 8.60. The Morgan fingerprint density at radius 3 is 2.52 bits per heavy atom. The minimum absolute atomic E-state index is 0. The maximum atomic E-state index is 10.0. The van der Waals surface area contributed by atoms with Crippen LogP contribution in [0.25, 0.3) is 0 Å². The van der Waals surface area contributed by atoms with Crippen LogP contribution in [0.5, 0.6) is 11.5 Å². The second-order valence-corrected chi connectivity index (χ2v) is 6.29. The molecule has 1 heterocycles. The summed E-state index contributed by atoms with van der Waals surface area (Å²) in [5, 5.41) is 13.5. The van der Waals surface area contributed by atoms with Crippen molar-refractivity contribution >= 4 is 12.4 Å². The average molecular weight is 363 g/mol. The molecule has 2 N–H and O–H groups in total. The zero-order valence-corrected chi connectivity index (χ0v) is 15.7. The van der Waals surface area contributed by atoms with Gasteiger partial charge in [-0.3, -0.25) is 4.90 Å². The van der Waals surface area contributed by atoms with E-state index in [9.17, 15) is 5.11 Å². The van der Waals surface area contributed by atoms with Crippen LogP contribution in [-0.2, 0) is 13.0 Å². The fourth-order valence-corrected chi connectivity index (χ4v) is 3.31. The third kappa shape index (κ3) is 4.66. The molecule has 1 unspecified atom stereocenters. The molecular weight excluding hydrogens is 336 g/mol. The summed E-state index contributed by atoms with van der Waals surface area (Å²) in [5.74, 6) is 0.722. The van der Waals surface area contributed by atoms with Crippen molar-refractivity contribution in [3.05, 3.63) is 59.2 Å². The fraction of sp³-hybridized carbons (Fsp3) is 0.400. The van der Waals surface area contributed by atoms with E-state index in [0.717, 1.165) is 38.2 Å². The van der Waals surface area contributed by atoms with Gasteiger partial charge in [-0.2, -0.15) is 0 Å². The molecule has 3 rings (SSSR count). The van der Waals surface area contributed by atoms with Gasteiger partial charge >= 0.3 is 0 Å². The number of ether oxygens (including phenoxy) is 1. The quantitative estimate of drug-likeness (QED) is 0.854. The average Bonchev–Trinajstić information content (AvgIpc) is 2.62. The first-order valence-corrected chi connectivity index (χ1v) is 8.60. The highest BCUT2D eigenvalue weighted by Gasteiger charge is 2.24. The Morgan fingerprint density at radius 1 is 1.16 bits per heavy atom. The molecular formula is C20H27ClN2O2. The number of aryl methyl sites for hydroxylation is 1. The summed E-state index contributed by atoms with van der Waals surface area (Å²) in [6.45, 7) is 5.94. The van der Waals surface area contributed by atoms with Gasteiger partial charge in [0.05, 0.1) is 7.11 Å². The molecule has 0 aliphatic carbocycles. The van der Waals surface area contributed by atoms with E-state index in [2.05, 4.69) is 41.4 Å². The van der Waals surface area contributed by atoms with Gasteiger partial charge in [-0.15, -0.1) is 12.4 Å². The SMILES string of the molecule is CCc1ccc(C2CNCCN2Cc2ccc(OC)c(O)c2)cc1.Cl. The van der Waals surface area contributed by atoms with E-state index in [0.29, 0.717) is 11.8 Å². The molecule has 1 aliphatic heterocycles. The predicted molar refractivity (Wildman–Crippen MR) is 104 cm³/mol. The molecule has 5 heteroatoms. The molecule has 0 spiro atoms. The lowest BCUT2D eigenvalue weighted by molar-refractivity contribution is 0.153. The number of hydrogen-bond donors (Lipinski definition) is 2.